The Kier molecular flexibility index (Phi) is 4.52. The molecule has 1 aliphatic rings. The Hall–Kier alpha value is -2.08. The number of aryl methyl sites for hydroxylation is 1. The molecule has 0 unspecified atom stereocenters. The third-order valence-electron chi connectivity index (χ3n) is 3.92. The van der Waals surface area contributed by atoms with E-state index in [0.717, 1.165) is 17.1 Å². The Balaban J connectivity index is 1.51. The second-order valence-corrected chi connectivity index (χ2v) is 8.03. The van der Waals surface area contributed by atoms with Crippen molar-refractivity contribution in [3.05, 3.63) is 48.2 Å². The molecule has 6 heteroatoms. The molecule has 0 saturated carbocycles. The fourth-order valence-electron chi connectivity index (χ4n) is 2.72. The van der Waals surface area contributed by atoms with Crippen molar-refractivity contribution < 1.29 is 17.6 Å². The summed E-state index contributed by atoms with van der Waals surface area (Å²) in [6.45, 7) is 0. The number of sulfone groups is 1. The number of hydrogen-bond acceptors (Lipinski definition) is 4. The average molecular weight is 333 g/mol. The van der Waals surface area contributed by atoms with Gasteiger partial charge in [-0.25, -0.2) is 8.42 Å². The zero-order valence-electron chi connectivity index (χ0n) is 12.7. The minimum atomic E-state index is -2.97. The summed E-state index contributed by atoms with van der Waals surface area (Å²) >= 11 is 0. The molecule has 1 fully saturated rings. The van der Waals surface area contributed by atoms with Gasteiger partial charge in [-0.15, -0.1) is 0 Å². The largest absolute Gasteiger partial charge is 0.461 e. The van der Waals surface area contributed by atoms with Crippen LogP contribution in [-0.2, 0) is 21.1 Å². The number of hydrogen-bond donors (Lipinski definition) is 1. The molecule has 0 aliphatic carbocycles. The summed E-state index contributed by atoms with van der Waals surface area (Å²) in [5.74, 6) is 1.61. The van der Waals surface area contributed by atoms with Gasteiger partial charge in [-0.3, -0.25) is 4.79 Å². The van der Waals surface area contributed by atoms with Gasteiger partial charge in [0.1, 0.15) is 11.5 Å². The van der Waals surface area contributed by atoms with Crippen molar-refractivity contribution in [3.63, 3.8) is 0 Å². The first-order chi connectivity index (χ1) is 11.0. The van der Waals surface area contributed by atoms with Crippen molar-refractivity contribution in [2.45, 2.75) is 25.3 Å². The minimum Gasteiger partial charge on any atom is -0.461 e. The maximum absolute atomic E-state index is 11.9. The van der Waals surface area contributed by atoms with E-state index in [9.17, 15) is 13.2 Å². The number of nitrogens with one attached hydrogen (secondary N) is 1. The van der Waals surface area contributed by atoms with Gasteiger partial charge in [0.2, 0.25) is 5.91 Å². The summed E-state index contributed by atoms with van der Waals surface area (Å²) in [5.41, 5.74) is 0.999. The standard InChI is InChI=1S/C17H19NO4S/c19-17(18-14-10-11-23(20,21)12-14)9-7-15-6-8-16(22-15)13-4-2-1-3-5-13/h1-6,8,14H,7,9-12H2,(H,18,19)/t14-/m0/s1. The molecule has 2 heterocycles. The molecular weight excluding hydrogens is 314 g/mol. The minimum absolute atomic E-state index is 0.0532. The molecule has 1 aromatic heterocycles. The van der Waals surface area contributed by atoms with E-state index >= 15 is 0 Å². The van der Waals surface area contributed by atoms with Crippen LogP contribution in [0.25, 0.3) is 11.3 Å². The van der Waals surface area contributed by atoms with Crippen molar-refractivity contribution in [2.24, 2.45) is 0 Å². The first-order valence-corrected chi connectivity index (χ1v) is 9.48. The van der Waals surface area contributed by atoms with E-state index in [1.807, 2.05) is 42.5 Å². The molecule has 3 rings (SSSR count). The SMILES string of the molecule is O=C(CCc1ccc(-c2ccccc2)o1)N[C@H]1CCS(=O)(=O)C1. The normalized spacial score (nSPS) is 19.6. The molecule has 0 radical (unpaired) electrons. The quantitative estimate of drug-likeness (QED) is 0.910. The number of amides is 1. The van der Waals surface area contributed by atoms with Crippen molar-refractivity contribution in [1.29, 1.82) is 0 Å². The first-order valence-electron chi connectivity index (χ1n) is 7.66. The van der Waals surface area contributed by atoms with Crippen LogP contribution in [0.1, 0.15) is 18.6 Å². The zero-order valence-corrected chi connectivity index (χ0v) is 13.5. The monoisotopic (exact) mass is 333 g/mol. The van der Waals surface area contributed by atoms with Gasteiger partial charge in [-0.05, 0) is 18.6 Å². The Morgan fingerprint density at radius 1 is 1.17 bits per heavy atom. The van der Waals surface area contributed by atoms with Crippen molar-refractivity contribution in [3.8, 4) is 11.3 Å². The molecule has 1 aromatic carbocycles. The van der Waals surface area contributed by atoms with E-state index in [-0.39, 0.29) is 29.9 Å². The van der Waals surface area contributed by atoms with E-state index in [1.165, 1.54) is 0 Å². The van der Waals surface area contributed by atoms with Crippen LogP contribution in [0.5, 0.6) is 0 Å². The summed E-state index contributed by atoms with van der Waals surface area (Å²) in [5, 5.41) is 2.78. The van der Waals surface area contributed by atoms with Crippen molar-refractivity contribution in [1.82, 2.24) is 5.32 Å². The number of benzene rings is 1. The van der Waals surface area contributed by atoms with Crippen LogP contribution in [0.4, 0.5) is 0 Å². The molecule has 0 spiro atoms. The Labute approximate surface area is 135 Å². The number of rotatable bonds is 5. The van der Waals surface area contributed by atoms with Crippen molar-refractivity contribution >= 4 is 15.7 Å². The second-order valence-electron chi connectivity index (χ2n) is 5.80. The van der Waals surface area contributed by atoms with E-state index < -0.39 is 9.84 Å². The van der Waals surface area contributed by atoms with Crippen LogP contribution in [0, 0.1) is 0 Å². The summed E-state index contributed by atoms with van der Waals surface area (Å²) in [4.78, 5) is 11.9. The van der Waals surface area contributed by atoms with Gasteiger partial charge in [0, 0.05) is 24.4 Å². The zero-order chi connectivity index (χ0) is 16.3. The molecule has 23 heavy (non-hydrogen) atoms. The van der Waals surface area contributed by atoms with Gasteiger partial charge >= 0.3 is 0 Å². The molecular formula is C17H19NO4S. The lowest BCUT2D eigenvalue weighted by Crippen LogP contribution is -2.35. The highest BCUT2D eigenvalue weighted by Crippen LogP contribution is 2.22. The van der Waals surface area contributed by atoms with E-state index in [0.29, 0.717) is 12.8 Å². The van der Waals surface area contributed by atoms with Gasteiger partial charge in [0.15, 0.2) is 9.84 Å². The first kappa shape index (κ1) is 15.8. The third kappa shape index (κ3) is 4.22. The smallest absolute Gasteiger partial charge is 0.220 e. The second kappa shape index (κ2) is 6.58. The molecule has 2 aromatic rings. The molecule has 1 aliphatic heterocycles. The van der Waals surface area contributed by atoms with E-state index in [2.05, 4.69) is 5.32 Å². The fourth-order valence-corrected chi connectivity index (χ4v) is 4.39. The molecule has 1 amide bonds. The van der Waals surface area contributed by atoms with Gasteiger partial charge in [0.05, 0.1) is 11.5 Å². The van der Waals surface area contributed by atoms with Crippen LogP contribution in [0.15, 0.2) is 46.9 Å². The predicted octanol–water partition coefficient (Wildman–Crippen LogP) is 2.18. The number of carbonyl (C=O) groups excluding carboxylic acids is 1. The molecule has 1 N–H and O–H groups in total. The van der Waals surface area contributed by atoms with Crippen molar-refractivity contribution in [2.75, 3.05) is 11.5 Å². The van der Waals surface area contributed by atoms with Gasteiger partial charge in [-0.1, -0.05) is 30.3 Å². The Morgan fingerprint density at radius 3 is 2.65 bits per heavy atom. The van der Waals surface area contributed by atoms with Crippen LogP contribution >= 0.6 is 0 Å². The lowest BCUT2D eigenvalue weighted by molar-refractivity contribution is -0.121. The van der Waals surface area contributed by atoms with Crippen LogP contribution < -0.4 is 5.32 Å². The van der Waals surface area contributed by atoms with Gasteiger partial charge in [-0.2, -0.15) is 0 Å². The lowest BCUT2D eigenvalue weighted by Gasteiger charge is -2.10. The average Bonchev–Trinajstić information content (AvgIpc) is 3.13. The highest BCUT2D eigenvalue weighted by molar-refractivity contribution is 7.91. The number of carbonyl (C=O) groups is 1. The highest BCUT2D eigenvalue weighted by Gasteiger charge is 2.28. The molecule has 5 nitrogen and oxygen atoms in total. The fraction of sp³-hybridized carbons (Fsp3) is 0.353. The summed E-state index contributed by atoms with van der Waals surface area (Å²) < 4.78 is 28.5. The Bertz CT molecular complexity index is 780. The third-order valence-corrected chi connectivity index (χ3v) is 5.68. The maximum atomic E-state index is 11.9. The van der Waals surface area contributed by atoms with Crippen LogP contribution in [0.2, 0.25) is 0 Å². The van der Waals surface area contributed by atoms with Gasteiger partial charge in [0.25, 0.3) is 0 Å². The van der Waals surface area contributed by atoms with Crippen LogP contribution in [0.3, 0.4) is 0 Å². The Morgan fingerprint density at radius 2 is 1.96 bits per heavy atom. The van der Waals surface area contributed by atoms with Gasteiger partial charge < -0.3 is 9.73 Å². The number of furan rings is 1. The van der Waals surface area contributed by atoms with Crippen LogP contribution in [-0.4, -0.2) is 31.9 Å². The summed E-state index contributed by atoms with van der Waals surface area (Å²) in [6, 6.07) is 13.3. The highest BCUT2D eigenvalue weighted by atomic mass is 32.2. The lowest BCUT2D eigenvalue weighted by atomic mass is 10.2. The van der Waals surface area contributed by atoms with E-state index in [4.69, 9.17) is 4.42 Å². The molecule has 122 valence electrons. The predicted molar refractivity (Wildman–Crippen MR) is 87.7 cm³/mol. The molecule has 1 atom stereocenters. The summed E-state index contributed by atoms with van der Waals surface area (Å²) in [7, 11) is -2.97. The summed E-state index contributed by atoms with van der Waals surface area (Å²) in [6.07, 6.45) is 1.30. The molecule has 1 saturated heterocycles. The van der Waals surface area contributed by atoms with E-state index in [1.54, 1.807) is 0 Å². The maximum Gasteiger partial charge on any atom is 0.220 e. The topological polar surface area (TPSA) is 76.4 Å². The molecule has 0 bridgehead atoms.